The molecule has 3 rings (SSSR count). The van der Waals surface area contributed by atoms with Gasteiger partial charge in [-0.25, -0.2) is 0 Å². The molecule has 7 heteroatoms. The topological polar surface area (TPSA) is 60.9 Å². The van der Waals surface area contributed by atoms with Crippen LogP contribution in [0.15, 0.2) is 30.3 Å². The molecule has 2 heterocycles. The molecule has 0 N–H and O–H groups in total. The van der Waals surface area contributed by atoms with Gasteiger partial charge in [0.05, 0.1) is 0 Å². The van der Waals surface area contributed by atoms with Crippen LogP contribution >= 0.6 is 0 Å². The zero-order chi connectivity index (χ0) is 17.9. The third kappa shape index (κ3) is 4.04. The van der Waals surface area contributed by atoms with E-state index in [1.54, 1.807) is 4.31 Å². The molecule has 1 amide bonds. The molecule has 2 saturated heterocycles. The Hall–Kier alpha value is -1.44. The van der Waals surface area contributed by atoms with Gasteiger partial charge in [0.2, 0.25) is 5.91 Å². The fraction of sp³-hybridized carbons (Fsp3) is 0.611. The Morgan fingerprint density at radius 3 is 2.36 bits per heavy atom. The molecule has 2 aliphatic heterocycles. The van der Waals surface area contributed by atoms with Gasteiger partial charge in [0.1, 0.15) is 0 Å². The van der Waals surface area contributed by atoms with Crippen LogP contribution in [0.2, 0.25) is 0 Å². The second-order valence-electron chi connectivity index (χ2n) is 6.79. The minimum atomic E-state index is -3.46. The van der Waals surface area contributed by atoms with E-state index >= 15 is 0 Å². The highest BCUT2D eigenvalue weighted by Crippen LogP contribution is 2.23. The van der Waals surface area contributed by atoms with Crippen molar-refractivity contribution in [3.05, 3.63) is 35.9 Å². The van der Waals surface area contributed by atoms with E-state index in [4.69, 9.17) is 0 Å². The number of carbonyl (C=O) groups excluding carboxylic acids is 1. The van der Waals surface area contributed by atoms with Crippen molar-refractivity contribution in [3.63, 3.8) is 0 Å². The molecule has 25 heavy (non-hydrogen) atoms. The van der Waals surface area contributed by atoms with E-state index < -0.39 is 10.2 Å². The quantitative estimate of drug-likeness (QED) is 0.800. The van der Waals surface area contributed by atoms with Gasteiger partial charge in [-0.15, -0.1) is 0 Å². The lowest BCUT2D eigenvalue weighted by atomic mass is 10.1. The van der Waals surface area contributed by atoms with E-state index in [0.717, 1.165) is 24.8 Å². The van der Waals surface area contributed by atoms with Gasteiger partial charge in [-0.2, -0.15) is 17.0 Å². The van der Waals surface area contributed by atoms with Crippen molar-refractivity contribution in [2.45, 2.75) is 45.2 Å². The molecular formula is C18H27N3O3S. The lowest BCUT2D eigenvalue weighted by Gasteiger charge is -2.32. The van der Waals surface area contributed by atoms with E-state index in [2.05, 4.69) is 0 Å². The number of benzene rings is 1. The Morgan fingerprint density at radius 1 is 1.04 bits per heavy atom. The Labute approximate surface area is 150 Å². The molecule has 138 valence electrons. The highest BCUT2D eigenvalue weighted by atomic mass is 32.2. The van der Waals surface area contributed by atoms with Crippen molar-refractivity contribution in [1.82, 2.24) is 13.5 Å². The molecule has 0 bridgehead atoms. The molecule has 0 aliphatic carbocycles. The number of nitrogens with zero attached hydrogens (tertiary/aromatic N) is 3. The molecule has 1 atom stereocenters. The van der Waals surface area contributed by atoms with Crippen LogP contribution in [-0.4, -0.2) is 60.1 Å². The van der Waals surface area contributed by atoms with Crippen molar-refractivity contribution < 1.29 is 13.2 Å². The first-order valence-electron chi connectivity index (χ1n) is 9.11. The van der Waals surface area contributed by atoms with Gasteiger partial charge in [-0.05, 0) is 24.8 Å². The Morgan fingerprint density at radius 2 is 1.72 bits per heavy atom. The molecule has 1 aromatic rings. The van der Waals surface area contributed by atoms with Crippen LogP contribution in [0, 0.1) is 0 Å². The number of rotatable bonds is 5. The zero-order valence-corrected chi connectivity index (χ0v) is 15.6. The van der Waals surface area contributed by atoms with Crippen LogP contribution in [0.1, 0.15) is 38.2 Å². The molecule has 0 radical (unpaired) electrons. The van der Waals surface area contributed by atoms with Gasteiger partial charge >= 0.3 is 0 Å². The summed E-state index contributed by atoms with van der Waals surface area (Å²) in [5.41, 5.74) is 1.07. The molecule has 2 fully saturated rings. The standard InChI is InChI=1S/C18H27N3O3S/c1-2-17-15-20(25(23,24)19-11-6-7-12-19)13-10-18(22)21(17)14-16-8-4-3-5-9-16/h3-5,8-9,17H,2,6-7,10-15H2,1H3. The van der Waals surface area contributed by atoms with Crippen LogP contribution in [0.25, 0.3) is 0 Å². The summed E-state index contributed by atoms with van der Waals surface area (Å²) in [4.78, 5) is 14.5. The summed E-state index contributed by atoms with van der Waals surface area (Å²) in [6.07, 6.45) is 2.83. The van der Waals surface area contributed by atoms with Crippen molar-refractivity contribution in [3.8, 4) is 0 Å². The third-order valence-corrected chi connectivity index (χ3v) is 7.14. The van der Waals surface area contributed by atoms with Gasteiger partial charge in [-0.1, -0.05) is 37.3 Å². The van der Waals surface area contributed by atoms with Crippen LogP contribution in [0.5, 0.6) is 0 Å². The predicted octanol–water partition coefficient (Wildman–Crippen LogP) is 1.84. The summed E-state index contributed by atoms with van der Waals surface area (Å²) in [6.45, 7) is 4.40. The highest BCUT2D eigenvalue weighted by molar-refractivity contribution is 7.86. The van der Waals surface area contributed by atoms with Gasteiger partial charge < -0.3 is 4.90 Å². The smallest absolute Gasteiger partial charge is 0.282 e. The number of hydrogen-bond donors (Lipinski definition) is 0. The molecular weight excluding hydrogens is 338 g/mol. The molecule has 0 aromatic heterocycles. The minimum Gasteiger partial charge on any atom is -0.334 e. The first-order chi connectivity index (χ1) is 12.0. The van der Waals surface area contributed by atoms with E-state index in [1.807, 2.05) is 42.2 Å². The van der Waals surface area contributed by atoms with Crippen molar-refractivity contribution in [2.75, 3.05) is 26.2 Å². The maximum absolute atomic E-state index is 12.9. The maximum Gasteiger partial charge on any atom is 0.282 e. The highest BCUT2D eigenvalue weighted by Gasteiger charge is 2.37. The van der Waals surface area contributed by atoms with Crippen LogP contribution < -0.4 is 0 Å². The van der Waals surface area contributed by atoms with Crippen LogP contribution in [0.3, 0.4) is 0 Å². The average Bonchev–Trinajstić information content (AvgIpc) is 3.11. The van der Waals surface area contributed by atoms with Crippen molar-refractivity contribution >= 4 is 16.1 Å². The van der Waals surface area contributed by atoms with Crippen LogP contribution in [0.4, 0.5) is 0 Å². The second kappa shape index (κ2) is 7.85. The number of amides is 1. The molecule has 1 unspecified atom stereocenters. The Bertz CT molecular complexity index is 687. The fourth-order valence-corrected chi connectivity index (χ4v) is 5.36. The summed E-state index contributed by atoms with van der Waals surface area (Å²) >= 11 is 0. The lowest BCUT2D eigenvalue weighted by Crippen LogP contribution is -2.47. The largest absolute Gasteiger partial charge is 0.334 e. The molecule has 1 aromatic carbocycles. The first kappa shape index (κ1) is 18.4. The van der Waals surface area contributed by atoms with Crippen molar-refractivity contribution in [1.29, 1.82) is 0 Å². The maximum atomic E-state index is 12.9. The van der Waals surface area contributed by atoms with E-state index in [1.165, 1.54) is 4.31 Å². The summed E-state index contributed by atoms with van der Waals surface area (Å²) in [6, 6.07) is 9.79. The molecule has 2 aliphatic rings. The SMILES string of the molecule is CCC1CN(S(=O)(=O)N2CCCC2)CCC(=O)N1Cc1ccccc1. The average molecular weight is 365 g/mol. The van der Waals surface area contributed by atoms with Gasteiger partial charge in [0, 0.05) is 45.2 Å². The predicted molar refractivity (Wildman–Crippen MR) is 97.0 cm³/mol. The minimum absolute atomic E-state index is 0.0369. The number of hydrogen-bond acceptors (Lipinski definition) is 3. The Balaban J connectivity index is 1.78. The normalized spacial score (nSPS) is 23.8. The van der Waals surface area contributed by atoms with Crippen LogP contribution in [-0.2, 0) is 21.5 Å². The zero-order valence-electron chi connectivity index (χ0n) is 14.8. The van der Waals surface area contributed by atoms with Gasteiger partial charge in [-0.3, -0.25) is 4.79 Å². The van der Waals surface area contributed by atoms with E-state index in [-0.39, 0.29) is 24.9 Å². The lowest BCUT2D eigenvalue weighted by molar-refractivity contribution is -0.133. The van der Waals surface area contributed by atoms with Gasteiger partial charge in [0.25, 0.3) is 10.2 Å². The van der Waals surface area contributed by atoms with E-state index in [9.17, 15) is 13.2 Å². The Kier molecular flexibility index (Phi) is 5.76. The third-order valence-electron chi connectivity index (χ3n) is 5.14. The summed E-state index contributed by atoms with van der Waals surface area (Å²) in [7, 11) is -3.46. The monoisotopic (exact) mass is 365 g/mol. The molecule has 0 saturated carbocycles. The molecule has 6 nitrogen and oxygen atoms in total. The van der Waals surface area contributed by atoms with Crippen molar-refractivity contribution in [2.24, 2.45) is 0 Å². The summed E-state index contributed by atoms with van der Waals surface area (Å²) < 4.78 is 28.9. The fourth-order valence-electron chi connectivity index (χ4n) is 3.63. The molecule has 0 spiro atoms. The number of carbonyl (C=O) groups is 1. The van der Waals surface area contributed by atoms with E-state index in [0.29, 0.717) is 26.2 Å². The first-order valence-corrected chi connectivity index (χ1v) is 10.5. The second-order valence-corrected chi connectivity index (χ2v) is 8.72. The summed E-state index contributed by atoms with van der Waals surface area (Å²) in [5.74, 6) is 0.0369. The van der Waals surface area contributed by atoms with Gasteiger partial charge in [0.15, 0.2) is 0 Å². The summed E-state index contributed by atoms with van der Waals surface area (Å²) in [5, 5.41) is 0.